The molecule has 0 bridgehead atoms. The Morgan fingerprint density at radius 2 is 1.56 bits per heavy atom. The van der Waals surface area contributed by atoms with Crippen LogP contribution in [0, 0.1) is 0 Å². The Hall–Kier alpha value is -4.21. The molecule has 3 rings (SSSR count). The maximum Gasteiger partial charge on any atom is 0.426 e. The fraction of sp³-hybridized carbons (Fsp3) is 0.227. The van der Waals surface area contributed by atoms with Crippen LogP contribution in [-0.2, 0) is 23.9 Å². The van der Waals surface area contributed by atoms with E-state index in [1.54, 1.807) is 0 Å². The molecule has 0 radical (unpaired) electrons. The molecule has 1 atom stereocenters. The molecule has 32 heavy (non-hydrogen) atoms. The monoisotopic (exact) mass is 439 g/mol. The third-order valence-electron chi connectivity index (χ3n) is 5.02. The molecule has 0 spiro atoms. The molecule has 10 heteroatoms. The summed E-state index contributed by atoms with van der Waals surface area (Å²) in [5, 5.41) is 10.6. The summed E-state index contributed by atoms with van der Waals surface area (Å²) in [6, 6.07) is 14.3. The number of carbonyl (C=O) groups excluding carboxylic acids is 4. The maximum atomic E-state index is 12.2. The number of hydrogen-bond acceptors (Lipinski definition) is 6. The number of hydrogen-bond donors (Lipinski definition) is 4. The van der Waals surface area contributed by atoms with E-state index in [4.69, 9.17) is 9.84 Å². The van der Waals surface area contributed by atoms with Gasteiger partial charge in [0.2, 0.25) is 0 Å². The third-order valence-corrected chi connectivity index (χ3v) is 5.02. The van der Waals surface area contributed by atoms with Crippen molar-refractivity contribution in [2.45, 2.75) is 24.8 Å². The quantitative estimate of drug-likeness (QED) is 0.287. The predicted molar refractivity (Wildman–Crippen MR) is 111 cm³/mol. The molecule has 0 aromatic heterocycles. The number of aldehydes is 1. The summed E-state index contributed by atoms with van der Waals surface area (Å²) in [4.78, 5) is 56.9. The molecule has 10 nitrogen and oxygen atoms in total. The van der Waals surface area contributed by atoms with Gasteiger partial charge in [0, 0.05) is 12.3 Å². The molecule has 1 aliphatic rings. The van der Waals surface area contributed by atoms with E-state index in [9.17, 15) is 24.0 Å². The van der Waals surface area contributed by atoms with E-state index in [2.05, 4.69) is 10.9 Å². The lowest BCUT2D eigenvalue weighted by Crippen LogP contribution is -2.53. The highest BCUT2D eigenvalue weighted by molar-refractivity contribution is 6.32. The van der Waals surface area contributed by atoms with Crippen LogP contribution in [0.1, 0.15) is 29.9 Å². The molecule has 0 saturated heterocycles. The minimum atomic E-state index is -1.78. The third kappa shape index (κ3) is 5.09. The van der Waals surface area contributed by atoms with E-state index in [0.717, 1.165) is 22.3 Å². The molecular formula is C22H21N3O7. The highest BCUT2D eigenvalue weighted by Crippen LogP contribution is 2.44. The van der Waals surface area contributed by atoms with Crippen molar-refractivity contribution in [2.24, 2.45) is 0 Å². The van der Waals surface area contributed by atoms with Crippen LogP contribution in [0.4, 0.5) is 4.79 Å². The van der Waals surface area contributed by atoms with Gasteiger partial charge in [-0.1, -0.05) is 48.5 Å². The van der Waals surface area contributed by atoms with Crippen molar-refractivity contribution in [3.05, 3.63) is 59.7 Å². The lowest BCUT2D eigenvalue weighted by molar-refractivity contribution is -0.151. The summed E-state index contributed by atoms with van der Waals surface area (Å²) in [5.74, 6) is -4.25. The largest absolute Gasteiger partial charge is 0.474 e. The first-order valence-corrected chi connectivity index (χ1v) is 9.80. The normalized spacial score (nSPS) is 12.6. The van der Waals surface area contributed by atoms with Crippen LogP contribution in [0.3, 0.4) is 0 Å². The standard InChI is InChI=1S/C22H21N3O7/c26-11-5-10-18(23-20(28)21(29)30)19(27)24-25-22(31)32-12-17-15-8-3-1-6-13(15)14-7-2-4-9-16(14)17/h1-4,6-9,11,17-18H,5,10,12H2,(H,23,28)(H,24,27)(H,25,31)(H,29,30). The number of carbonyl (C=O) groups is 5. The van der Waals surface area contributed by atoms with Gasteiger partial charge in [0.25, 0.3) is 5.91 Å². The van der Waals surface area contributed by atoms with E-state index in [1.807, 2.05) is 53.8 Å². The van der Waals surface area contributed by atoms with Crippen LogP contribution in [0.5, 0.6) is 0 Å². The smallest absolute Gasteiger partial charge is 0.426 e. The van der Waals surface area contributed by atoms with Gasteiger partial charge in [0.05, 0.1) is 0 Å². The number of rotatable bonds is 7. The van der Waals surface area contributed by atoms with Crippen molar-refractivity contribution in [1.29, 1.82) is 0 Å². The zero-order valence-electron chi connectivity index (χ0n) is 16.9. The average Bonchev–Trinajstić information content (AvgIpc) is 3.12. The first-order chi connectivity index (χ1) is 15.4. The highest BCUT2D eigenvalue weighted by atomic mass is 16.6. The van der Waals surface area contributed by atoms with Crippen LogP contribution in [0.2, 0.25) is 0 Å². The second-order valence-electron chi connectivity index (χ2n) is 7.02. The van der Waals surface area contributed by atoms with Crippen molar-refractivity contribution in [2.75, 3.05) is 6.61 Å². The van der Waals surface area contributed by atoms with Gasteiger partial charge in [-0.25, -0.2) is 15.0 Å². The van der Waals surface area contributed by atoms with Gasteiger partial charge in [0.1, 0.15) is 18.9 Å². The van der Waals surface area contributed by atoms with Gasteiger partial charge >= 0.3 is 18.0 Å². The Kier molecular flexibility index (Phi) is 7.17. The van der Waals surface area contributed by atoms with Crippen molar-refractivity contribution in [3.8, 4) is 11.1 Å². The van der Waals surface area contributed by atoms with Crippen LogP contribution < -0.4 is 16.2 Å². The fourth-order valence-electron chi connectivity index (χ4n) is 3.56. The van der Waals surface area contributed by atoms with E-state index < -0.39 is 29.9 Å². The molecule has 2 aromatic carbocycles. The second-order valence-corrected chi connectivity index (χ2v) is 7.02. The van der Waals surface area contributed by atoms with Gasteiger partial charge in [-0.15, -0.1) is 0 Å². The zero-order chi connectivity index (χ0) is 23.1. The number of fused-ring (bicyclic) bond motifs is 3. The van der Waals surface area contributed by atoms with Crippen LogP contribution in [0.15, 0.2) is 48.5 Å². The zero-order valence-corrected chi connectivity index (χ0v) is 16.9. The Labute approximate surface area is 182 Å². The Morgan fingerprint density at radius 3 is 2.12 bits per heavy atom. The summed E-state index contributed by atoms with van der Waals surface area (Å²) in [6.07, 6.45) is -0.644. The van der Waals surface area contributed by atoms with Crippen LogP contribution in [0.25, 0.3) is 11.1 Å². The summed E-state index contributed by atoms with van der Waals surface area (Å²) in [6.45, 7) is 0.0278. The average molecular weight is 439 g/mol. The number of carboxylic acids is 1. The second kappa shape index (κ2) is 10.2. The van der Waals surface area contributed by atoms with E-state index in [0.29, 0.717) is 6.29 Å². The van der Waals surface area contributed by atoms with E-state index >= 15 is 0 Å². The van der Waals surface area contributed by atoms with Gasteiger partial charge in [-0.05, 0) is 28.7 Å². The van der Waals surface area contributed by atoms with Crippen LogP contribution in [-0.4, -0.2) is 47.9 Å². The molecule has 166 valence electrons. The molecule has 2 aromatic rings. The van der Waals surface area contributed by atoms with E-state index in [1.165, 1.54) is 0 Å². The predicted octanol–water partition coefficient (Wildman–Crippen LogP) is 1.10. The summed E-state index contributed by atoms with van der Waals surface area (Å²) in [5.41, 5.74) is 8.31. The molecule has 0 saturated carbocycles. The number of carboxylic acid groups (broad SMARTS) is 1. The lowest BCUT2D eigenvalue weighted by atomic mass is 9.98. The number of nitrogens with one attached hydrogen (secondary N) is 3. The first-order valence-electron chi connectivity index (χ1n) is 9.80. The number of hydrazine groups is 1. The SMILES string of the molecule is O=CCCC(NC(=O)C(=O)O)C(=O)NNC(=O)OCC1c2ccccc2-c2ccccc21. The highest BCUT2D eigenvalue weighted by Gasteiger charge is 2.29. The first kappa shape index (κ1) is 22.5. The molecule has 3 amide bonds. The number of aliphatic carboxylic acids is 1. The Balaban J connectivity index is 1.57. The van der Waals surface area contributed by atoms with Gasteiger partial charge < -0.3 is 20.0 Å². The van der Waals surface area contributed by atoms with Crippen molar-refractivity contribution < 1.29 is 33.8 Å². The van der Waals surface area contributed by atoms with Gasteiger partial charge in [-0.2, -0.15) is 0 Å². The number of amides is 3. The summed E-state index contributed by atoms with van der Waals surface area (Å²) < 4.78 is 5.27. The van der Waals surface area contributed by atoms with Gasteiger partial charge in [-0.3, -0.25) is 15.0 Å². The molecule has 0 aliphatic heterocycles. The minimum absolute atomic E-state index is 0.0278. The molecule has 1 aliphatic carbocycles. The van der Waals surface area contributed by atoms with Gasteiger partial charge in [0.15, 0.2) is 0 Å². The van der Waals surface area contributed by atoms with Crippen molar-refractivity contribution in [1.82, 2.24) is 16.2 Å². The van der Waals surface area contributed by atoms with Crippen molar-refractivity contribution in [3.63, 3.8) is 0 Å². The van der Waals surface area contributed by atoms with E-state index in [-0.39, 0.29) is 25.4 Å². The topological polar surface area (TPSA) is 151 Å². The number of benzene rings is 2. The molecule has 4 N–H and O–H groups in total. The fourth-order valence-corrected chi connectivity index (χ4v) is 3.56. The summed E-state index contributed by atoms with van der Waals surface area (Å²) >= 11 is 0. The number of ether oxygens (including phenoxy) is 1. The Bertz CT molecular complexity index is 1010. The maximum absolute atomic E-state index is 12.2. The minimum Gasteiger partial charge on any atom is -0.474 e. The molecule has 1 unspecified atom stereocenters. The summed E-state index contributed by atoms with van der Waals surface area (Å²) in [7, 11) is 0. The molecule has 0 heterocycles. The molecule has 0 fully saturated rings. The van der Waals surface area contributed by atoms with Crippen LogP contribution >= 0.6 is 0 Å². The van der Waals surface area contributed by atoms with Crippen molar-refractivity contribution >= 4 is 30.2 Å². The molecular weight excluding hydrogens is 418 g/mol. The lowest BCUT2D eigenvalue weighted by Gasteiger charge is -2.18. The Morgan fingerprint density at radius 1 is 0.969 bits per heavy atom.